The van der Waals surface area contributed by atoms with Gasteiger partial charge in [0.05, 0.1) is 5.69 Å². The van der Waals surface area contributed by atoms with Crippen LogP contribution in [0.25, 0.3) is 0 Å². The molecular weight excluding hydrogens is 324 g/mol. The van der Waals surface area contributed by atoms with E-state index < -0.39 is 12.0 Å². The maximum absolute atomic E-state index is 12.7. The van der Waals surface area contributed by atoms with Gasteiger partial charge in [-0.2, -0.15) is 0 Å². The Bertz CT molecular complexity index is 349. The van der Waals surface area contributed by atoms with Crippen molar-refractivity contribution in [2.45, 2.75) is 29.9 Å². The zero-order valence-corrected chi connectivity index (χ0v) is 11.1. The van der Waals surface area contributed by atoms with E-state index in [1.807, 2.05) is 6.92 Å². The van der Waals surface area contributed by atoms with Crippen LogP contribution in [0.1, 0.15) is 19.8 Å². The number of hydrogen-bond donors (Lipinski definition) is 3. The van der Waals surface area contributed by atoms with Crippen LogP contribution in [0.4, 0.5) is 10.1 Å². The van der Waals surface area contributed by atoms with Crippen molar-refractivity contribution in [3.05, 3.63) is 24.0 Å². The van der Waals surface area contributed by atoms with Gasteiger partial charge in [0.1, 0.15) is 17.8 Å². The number of benzene rings is 1. The van der Waals surface area contributed by atoms with Crippen molar-refractivity contribution in [1.82, 2.24) is 0 Å². The molecule has 0 aliphatic heterocycles. The first-order chi connectivity index (χ1) is 7.52. The quantitative estimate of drug-likeness (QED) is 0.335. The van der Waals surface area contributed by atoms with Crippen molar-refractivity contribution in [1.29, 1.82) is 0 Å². The SMILES string of the molecule is CCC(I)CC(O)Nc1ccc(F)cc1O. The molecule has 2 unspecified atom stereocenters. The standard InChI is InChI=1S/C11H15FINO2/c1-2-8(13)6-11(16)14-9-4-3-7(12)5-10(9)15/h3-5,8,11,14-16H,2,6H2,1H3. The molecule has 1 rings (SSSR count). The molecule has 0 amide bonds. The van der Waals surface area contributed by atoms with Crippen molar-refractivity contribution in [3.8, 4) is 5.75 Å². The number of anilines is 1. The first-order valence-electron chi connectivity index (χ1n) is 5.10. The van der Waals surface area contributed by atoms with Gasteiger partial charge in [-0.3, -0.25) is 0 Å². The summed E-state index contributed by atoms with van der Waals surface area (Å²) >= 11 is 2.25. The molecular formula is C11H15FINO2. The Morgan fingerprint density at radius 2 is 2.19 bits per heavy atom. The first kappa shape index (κ1) is 13.5. The van der Waals surface area contributed by atoms with E-state index in [2.05, 4.69) is 27.9 Å². The number of halogens is 2. The van der Waals surface area contributed by atoms with E-state index >= 15 is 0 Å². The minimum atomic E-state index is -0.738. The third-order valence-electron chi connectivity index (χ3n) is 2.20. The molecule has 0 saturated heterocycles. The van der Waals surface area contributed by atoms with Crippen LogP contribution in [0, 0.1) is 5.82 Å². The van der Waals surface area contributed by atoms with Crippen LogP contribution in [0.2, 0.25) is 0 Å². The molecule has 90 valence electrons. The van der Waals surface area contributed by atoms with Crippen molar-refractivity contribution in [2.24, 2.45) is 0 Å². The van der Waals surface area contributed by atoms with Gasteiger partial charge in [0.15, 0.2) is 0 Å². The molecule has 3 N–H and O–H groups in total. The number of rotatable bonds is 5. The van der Waals surface area contributed by atoms with Gasteiger partial charge in [0, 0.05) is 16.4 Å². The summed E-state index contributed by atoms with van der Waals surface area (Å²) < 4.78 is 13.1. The van der Waals surface area contributed by atoms with Gasteiger partial charge < -0.3 is 15.5 Å². The lowest BCUT2D eigenvalue weighted by Gasteiger charge is -2.17. The minimum Gasteiger partial charge on any atom is -0.506 e. The average Bonchev–Trinajstić information content (AvgIpc) is 2.22. The summed E-state index contributed by atoms with van der Waals surface area (Å²) in [6, 6.07) is 3.65. The van der Waals surface area contributed by atoms with Gasteiger partial charge in [0.25, 0.3) is 0 Å². The fourth-order valence-corrected chi connectivity index (χ4v) is 1.76. The number of aliphatic hydroxyl groups excluding tert-OH is 1. The van der Waals surface area contributed by atoms with Crippen LogP contribution < -0.4 is 5.32 Å². The molecule has 1 aromatic carbocycles. The molecule has 0 aromatic heterocycles. The smallest absolute Gasteiger partial charge is 0.141 e. The summed E-state index contributed by atoms with van der Waals surface area (Å²) in [6.07, 6.45) is 0.806. The highest BCUT2D eigenvalue weighted by Gasteiger charge is 2.11. The summed E-state index contributed by atoms with van der Waals surface area (Å²) in [7, 11) is 0. The Hall–Kier alpha value is -0.560. The number of aromatic hydroxyl groups is 1. The topological polar surface area (TPSA) is 52.5 Å². The van der Waals surface area contributed by atoms with Crippen LogP contribution in [0.5, 0.6) is 5.75 Å². The fraction of sp³-hybridized carbons (Fsp3) is 0.455. The Morgan fingerprint density at radius 1 is 1.50 bits per heavy atom. The predicted molar refractivity (Wildman–Crippen MR) is 70.4 cm³/mol. The van der Waals surface area contributed by atoms with Gasteiger partial charge in [0.2, 0.25) is 0 Å². The van der Waals surface area contributed by atoms with Gasteiger partial charge in [-0.15, -0.1) is 0 Å². The molecule has 0 bridgehead atoms. The lowest BCUT2D eigenvalue weighted by Crippen LogP contribution is -2.22. The summed E-state index contributed by atoms with van der Waals surface area (Å²) in [4.78, 5) is 0. The second kappa shape index (κ2) is 6.24. The third-order valence-corrected chi connectivity index (χ3v) is 3.59. The number of phenolic OH excluding ortho intramolecular Hbond substituents is 1. The van der Waals surface area contributed by atoms with E-state index in [4.69, 9.17) is 0 Å². The lowest BCUT2D eigenvalue weighted by molar-refractivity contribution is 0.193. The van der Waals surface area contributed by atoms with Gasteiger partial charge in [-0.25, -0.2) is 4.39 Å². The second-order valence-electron chi connectivity index (χ2n) is 3.56. The maximum Gasteiger partial charge on any atom is 0.141 e. The van der Waals surface area contributed by atoms with E-state index in [1.54, 1.807) is 0 Å². The highest BCUT2D eigenvalue weighted by Crippen LogP contribution is 2.25. The van der Waals surface area contributed by atoms with E-state index in [9.17, 15) is 14.6 Å². The fourth-order valence-electron chi connectivity index (χ4n) is 1.27. The number of phenols is 1. The van der Waals surface area contributed by atoms with Crippen LogP contribution in [-0.2, 0) is 0 Å². The predicted octanol–water partition coefficient (Wildman–Crippen LogP) is 2.87. The van der Waals surface area contributed by atoms with Crippen molar-refractivity contribution in [2.75, 3.05) is 5.32 Å². The Balaban J connectivity index is 2.59. The zero-order chi connectivity index (χ0) is 12.1. The maximum atomic E-state index is 12.7. The lowest BCUT2D eigenvalue weighted by atomic mass is 10.2. The summed E-state index contributed by atoms with van der Waals surface area (Å²) in [6.45, 7) is 2.04. The Kier molecular flexibility index (Phi) is 5.27. The summed E-state index contributed by atoms with van der Waals surface area (Å²) in [5.74, 6) is -0.696. The summed E-state index contributed by atoms with van der Waals surface area (Å²) in [5, 5.41) is 21.8. The van der Waals surface area contributed by atoms with E-state index in [1.165, 1.54) is 12.1 Å². The second-order valence-corrected chi connectivity index (χ2v) is 5.32. The van der Waals surface area contributed by atoms with E-state index in [-0.39, 0.29) is 5.75 Å². The van der Waals surface area contributed by atoms with Crippen molar-refractivity contribution < 1.29 is 14.6 Å². The zero-order valence-electron chi connectivity index (χ0n) is 8.95. The molecule has 3 nitrogen and oxygen atoms in total. The number of alkyl halides is 1. The van der Waals surface area contributed by atoms with Gasteiger partial charge >= 0.3 is 0 Å². The van der Waals surface area contributed by atoms with Gasteiger partial charge in [-0.05, 0) is 18.6 Å². The van der Waals surface area contributed by atoms with Crippen LogP contribution >= 0.6 is 22.6 Å². The molecule has 0 radical (unpaired) electrons. The Labute approximate surface area is 108 Å². The molecule has 0 saturated carbocycles. The van der Waals surface area contributed by atoms with E-state index in [0.29, 0.717) is 16.0 Å². The monoisotopic (exact) mass is 339 g/mol. The highest BCUT2D eigenvalue weighted by molar-refractivity contribution is 14.1. The average molecular weight is 339 g/mol. The number of aliphatic hydroxyl groups is 1. The molecule has 1 aromatic rings. The minimum absolute atomic E-state index is 0.194. The van der Waals surface area contributed by atoms with E-state index in [0.717, 1.165) is 12.5 Å². The largest absolute Gasteiger partial charge is 0.506 e. The number of nitrogens with one attached hydrogen (secondary N) is 1. The van der Waals surface area contributed by atoms with Gasteiger partial charge in [-0.1, -0.05) is 29.5 Å². The molecule has 0 spiro atoms. The summed E-state index contributed by atoms with van der Waals surface area (Å²) in [5.41, 5.74) is 0.341. The molecule has 0 heterocycles. The molecule has 0 aliphatic rings. The molecule has 0 fully saturated rings. The molecule has 2 atom stereocenters. The number of hydrogen-bond acceptors (Lipinski definition) is 3. The van der Waals surface area contributed by atoms with Crippen LogP contribution in [-0.4, -0.2) is 20.4 Å². The normalized spacial score (nSPS) is 14.5. The molecule has 5 heteroatoms. The van der Waals surface area contributed by atoms with Crippen LogP contribution in [0.3, 0.4) is 0 Å². The van der Waals surface area contributed by atoms with Crippen LogP contribution in [0.15, 0.2) is 18.2 Å². The van der Waals surface area contributed by atoms with Crippen molar-refractivity contribution >= 4 is 28.3 Å². The third kappa shape index (κ3) is 4.13. The Morgan fingerprint density at radius 3 is 2.75 bits per heavy atom. The molecule has 0 aliphatic carbocycles. The molecule has 16 heavy (non-hydrogen) atoms. The first-order valence-corrected chi connectivity index (χ1v) is 6.34. The highest BCUT2D eigenvalue weighted by atomic mass is 127. The van der Waals surface area contributed by atoms with Crippen molar-refractivity contribution in [3.63, 3.8) is 0 Å².